The summed E-state index contributed by atoms with van der Waals surface area (Å²) in [5, 5.41) is 10.4. The van der Waals surface area contributed by atoms with E-state index in [4.69, 9.17) is 4.74 Å². The number of nitrogens with one attached hydrogen (secondary N) is 1. The zero-order chi connectivity index (χ0) is 31.4. The van der Waals surface area contributed by atoms with Gasteiger partial charge in [0.25, 0.3) is 0 Å². The number of pyridine rings is 2. The van der Waals surface area contributed by atoms with Gasteiger partial charge in [0.2, 0.25) is 0 Å². The van der Waals surface area contributed by atoms with Crippen molar-refractivity contribution in [2.45, 2.75) is 25.1 Å². The molecule has 4 heterocycles. The number of likely N-dealkylation sites (tertiary alicyclic amines) is 1. The van der Waals surface area contributed by atoms with Crippen molar-refractivity contribution in [3.63, 3.8) is 0 Å². The molecule has 0 aliphatic carbocycles. The summed E-state index contributed by atoms with van der Waals surface area (Å²) >= 11 is 0. The van der Waals surface area contributed by atoms with Crippen LogP contribution in [0.25, 0.3) is 44.0 Å². The van der Waals surface area contributed by atoms with E-state index >= 15 is 0 Å². The van der Waals surface area contributed by atoms with Crippen LogP contribution in [0.2, 0.25) is 0 Å². The molecular formula is C29H23F4N5O5S. The highest BCUT2D eigenvalue weighted by molar-refractivity contribution is 7.81. The second-order valence-electron chi connectivity index (χ2n) is 10.6. The van der Waals surface area contributed by atoms with Gasteiger partial charge in [-0.2, -0.15) is 26.9 Å². The molecule has 1 saturated heterocycles. The molecule has 44 heavy (non-hydrogen) atoms. The van der Waals surface area contributed by atoms with Crippen LogP contribution >= 0.6 is 0 Å². The van der Waals surface area contributed by atoms with Gasteiger partial charge in [-0.3, -0.25) is 9.78 Å². The van der Waals surface area contributed by atoms with Crippen LogP contribution in [0.5, 0.6) is 11.5 Å². The summed E-state index contributed by atoms with van der Waals surface area (Å²) < 4.78 is 86.8. The fraction of sp³-hybridized carbons (Fsp3) is 0.276. The first kappa shape index (κ1) is 29.4. The fourth-order valence-electron chi connectivity index (χ4n) is 5.73. The third-order valence-electron chi connectivity index (χ3n) is 7.64. The molecule has 6 rings (SSSR count). The number of nitrogens with zero attached hydrogens (tertiary/aromatic N) is 4. The average molecular weight is 630 g/mol. The zero-order valence-electron chi connectivity index (χ0n) is 23.0. The first-order chi connectivity index (χ1) is 20.8. The molecule has 228 valence electrons. The molecule has 1 aliphatic heterocycles. The van der Waals surface area contributed by atoms with E-state index in [0.717, 1.165) is 25.4 Å². The van der Waals surface area contributed by atoms with Crippen molar-refractivity contribution in [3.05, 3.63) is 64.6 Å². The highest BCUT2D eigenvalue weighted by atomic mass is 32.3. The minimum atomic E-state index is -5.42. The molecule has 0 bridgehead atoms. The maximum atomic E-state index is 14.1. The Hall–Kier alpha value is -4.68. The van der Waals surface area contributed by atoms with Gasteiger partial charge < -0.3 is 23.4 Å². The van der Waals surface area contributed by atoms with E-state index in [1.165, 1.54) is 18.3 Å². The highest BCUT2D eigenvalue weighted by Crippen LogP contribution is 2.39. The van der Waals surface area contributed by atoms with Gasteiger partial charge >= 0.3 is 16.7 Å². The van der Waals surface area contributed by atoms with E-state index in [0.29, 0.717) is 45.9 Å². The van der Waals surface area contributed by atoms with Gasteiger partial charge in [0.1, 0.15) is 11.4 Å². The summed E-state index contributed by atoms with van der Waals surface area (Å²) in [4.78, 5) is 23.4. The Kier molecular flexibility index (Phi) is 7.21. The van der Waals surface area contributed by atoms with Crippen LogP contribution in [0.4, 0.5) is 17.1 Å². The first-order valence-electron chi connectivity index (χ1n) is 13.4. The molecular weight excluding hydrogens is 606 g/mol. The summed E-state index contributed by atoms with van der Waals surface area (Å²) in [5.74, 6) is -0.839. The van der Waals surface area contributed by atoms with Crippen molar-refractivity contribution < 1.29 is 34.4 Å². The molecule has 0 radical (unpaired) electrons. The number of rotatable bonds is 6. The number of ether oxygens (including phenoxy) is 1. The molecule has 3 aromatic heterocycles. The van der Waals surface area contributed by atoms with E-state index in [1.54, 1.807) is 18.2 Å². The average Bonchev–Trinajstić information content (AvgIpc) is 3.34. The van der Waals surface area contributed by atoms with E-state index in [-0.39, 0.29) is 28.3 Å². The van der Waals surface area contributed by atoms with Crippen molar-refractivity contribution in [1.29, 1.82) is 5.26 Å². The number of hydrogen-bond donors (Lipinski definition) is 1. The summed E-state index contributed by atoms with van der Waals surface area (Å²) in [6, 6.07) is 10.6. The zero-order valence-corrected chi connectivity index (χ0v) is 23.8. The van der Waals surface area contributed by atoms with Gasteiger partial charge in [-0.05, 0) is 63.3 Å². The largest absolute Gasteiger partial charge is 0.488 e. The first-order valence-corrected chi connectivity index (χ1v) is 14.7. The monoisotopic (exact) mass is 629 g/mol. The number of H-pyrrole nitrogens is 1. The molecule has 5 aromatic rings. The van der Waals surface area contributed by atoms with Gasteiger partial charge in [0, 0.05) is 34.3 Å². The molecule has 2 aromatic carbocycles. The Morgan fingerprint density at radius 3 is 2.55 bits per heavy atom. The standard InChI is InChI=1S/C29H23F4N5O5S/c1-37-6-4-18(5-7-37)38-24-10-21(17-9-19(14-35-13-17)43-44(33,40)41)25(42-15-29(30,31)32)11-22(24)27(39)26-20-3-2-16(12-34)8-23(20)36-28(26)38/h2-3,8-11,13-14,18,36H,4-7,15H2,1H3. The molecule has 0 amide bonds. The normalized spacial score (nSPS) is 15.2. The number of aromatic nitrogens is 3. The topological polar surface area (TPSA) is 130 Å². The lowest BCUT2D eigenvalue weighted by Gasteiger charge is -2.32. The Balaban J connectivity index is 1.68. The SMILES string of the molecule is CN1CCC(n2c3cc(-c4cncc(OS(=O)(=O)F)c4)c(OCC(F)(F)F)cc3c(=O)c3c4ccc(C#N)cc4[nH]c32)CC1. The van der Waals surface area contributed by atoms with Gasteiger partial charge in [-0.25, -0.2) is 0 Å². The maximum Gasteiger partial charge on any atom is 0.488 e. The third-order valence-corrected chi connectivity index (χ3v) is 8.03. The van der Waals surface area contributed by atoms with E-state index in [9.17, 15) is 35.5 Å². The Morgan fingerprint density at radius 2 is 1.86 bits per heavy atom. The van der Waals surface area contributed by atoms with Crippen LogP contribution in [-0.2, 0) is 10.5 Å². The number of piperidine rings is 1. The van der Waals surface area contributed by atoms with Gasteiger partial charge in [0.15, 0.2) is 17.8 Å². The molecule has 15 heteroatoms. The van der Waals surface area contributed by atoms with Crippen LogP contribution < -0.4 is 14.3 Å². The van der Waals surface area contributed by atoms with Crippen LogP contribution in [-0.4, -0.2) is 60.8 Å². The summed E-state index contributed by atoms with van der Waals surface area (Å²) in [7, 11) is -3.43. The predicted molar refractivity (Wildman–Crippen MR) is 153 cm³/mol. The molecule has 1 N–H and O–H groups in total. The summed E-state index contributed by atoms with van der Waals surface area (Å²) in [5.41, 5.74) is 1.42. The van der Waals surface area contributed by atoms with Crippen LogP contribution in [0.15, 0.2) is 53.6 Å². The molecule has 1 fully saturated rings. The van der Waals surface area contributed by atoms with Crippen molar-refractivity contribution in [2.75, 3.05) is 26.7 Å². The lowest BCUT2D eigenvalue weighted by molar-refractivity contribution is -0.153. The van der Waals surface area contributed by atoms with Crippen molar-refractivity contribution in [3.8, 4) is 28.7 Å². The number of alkyl halides is 3. The predicted octanol–water partition coefficient (Wildman–Crippen LogP) is 5.37. The van der Waals surface area contributed by atoms with Crippen LogP contribution in [0.1, 0.15) is 24.4 Å². The van der Waals surface area contributed by atoms with Crippen molar-refractivity contribution in [1.82, 2.24) is 19.4 Å². The van der Waals surface area contributed by atoms with Crippen LogP contribution in [0.3, 0.4) is 0 Å². The lowest BCUT2D eigenvalue weighted by Crippen LogP contribution is -2.32. The fourth-order valence-corrected chi connectivity index (χ4v) is 6.05. The number of hydrogen-bond acceptors (Lipinski definition) is 8. The van der Waals surface area contributed by atoms with E-state index in [2.05, 4.69) is 25.1 Å². The Morgan fingerprint density at radius 1 is 1.11 bits per heavy atom. The molecule has 0 saturated carbocycles. The summed E-state index contributed by atoms with van der Waals surface area (Å²) in [6.45, 7) is -0.179. The minimum Gasteiger partial charge on any atom is -0.483 e. The van der Waals surface area contributed by atoms with E-state index < -0.39 is 34.5 Å². The van der Waals surface area contributed by atoms with E-state index in [1.807, 2.05) is 11.6 Å². The molecule has 10 nitrogen and oxygen atoms in total. The van der Waals surface area contributed by atoms with Gasteiger partial charge in [-0.15, -0.1) is 0 Å². The molecule has 0 spiro atoms. The number of nitriles is 1. The molecule has 0 atom stereocenters. The van der Waals surface area contributed by atoms with Crippen molar-refractivity contribution in [2.24, 2.45) is 0 Å². The molecule has 1 aliphatic rings. The Bertz CT molecular complexity index is 2150. The van der Waals surface area contributed by atoms with Gasteiger partial charge in [0.05, 0.1) is 34.1 Å². The lowest BCUT2D eigenvalue weighted by atomic mass is 9.99. The second-order valence-corrected chi connectivity index (χ2v) is 11.6. The molecule has 0 unspecified atom stereocenters. The highest BCUT2D eigenvalue weighted by Gasteiger charge is 2.30. The maximum absolute atomic E-state index is 14.1. The van der Waals surface area contributed by atoms with Crippen molar-refractivity contribution >= 4 is 43.3 Å². The number of halogens is 4. The third kappa shape index (κ3) is 5.65. The van der Waals surface area contributed by atoms with Crippen LogP contribution in [0, 0.1) is 11.3 Å². The number of benzene rings is 2. The smallest absolute Gasteiger partial charge is 0.483 e. The number of fused-ring (bicyclic) bond motifs is 4. The van der Waals surface area contributed by atoms with Gasteiger partial charge in [-0.1, -0.05) is 9.95 Å². The Labute approximate surface area is 247 Å². The summed E-state index contributed by atoms with van der Waals surface area (Å²) in [6.07, 6.45) is -1.17. The quantitative estimate of drug-likeness (QED) is 0.196. The minimum absolute atomic E-state index is 0.0410. The second kappa shape index (κ2) is 10.8. The number of aromatic amines is 1.